The molecule has 1 aromatic carbocycles. The average Bonchev–Trinajstić information content (AvgIpc) is 3.26. The van der Waals surface area contributed by atoms with Gasteiger partial charge in [0, 0.05) is 29.7 Å². The first-order valence-corrected chi connectivity index (χ1v) is 8.65. The van der Waals surface area contributed by atoms with E-state index in [1.54, 1.807) is 11.3 Å². The highest BCUT2D eigenvalue weighted by molar-refractivity contribution is 7.09. The molecule has 0 aliphatic heterocycles. The molecule has 122 valence electrons. The molecule has 2 heterocycles. The quantitative estimate of drug-likeness (QED) is 0.614. The van der Waals surface area contributed by atoms with Crippen molar-refractivity contribution in [1.29, 1.82) is 0 Å². The van der Waals surface area contributed by atoms with Crippen molar-refractivity contribution in [3.05, 3.63) is 87.9 Å². The Morgan fingerprint density at radius 2 is 2.04 bits per heavy atom. The van der Waals surface area contributed by atoms with Crippen molar-refractivity contribution in [3.8, 4) is 0 Å². The molecule has 0 fully saturated rings. The number of thiophene rings is 1. The van der Waals surface area contributed by atoms with Gasteiger partial charge < -0.3 is 9.30 Å². The first-order valence-electron chi connectivity index (χ1n) is 7.77. The number of aromatic nitrogens is 1. The lowest BCUT2D eigenvalue weighted by molar-refractivity contribution is 0.0600. The molecule has 2 aromatic heterocycles. The van der Waals surface area contributed by atoms with E-state index in [9.17, 15) is 4.79 Å². The molecular formula is C20H19NO2S. The third-order valence-electron chi connectivity index (χ3n) is 3.75. The maximum absolute atomic E-state index is 11.8. The maximum Gasteiger partial charge on any atom is 0.339 e. The zero-order valence-electron chi connectivity index (χ0n) is 13.5. The molecule has 24 heavy (non-hydrogen) atoms. The molecule has 0 N–H and O–H groups in total. The van der Waals surface area contributed by atoms with E-state index < -0.39 is 0 Å². The van der Waals surface area contributed by atoms with Crippen LogP contribution in [0.25, 0.3) is 6.08 Å². The van der Waals surface area contributed by atoms with Gasteiger partial charge in [0.15, 0.2) is 0 Å². The standard InChI is InChI=1S/C20H19NO2S/c1-23-20(22)17-13-18(14-19-10-6-12-24-19)21(15-17)11-5-9-16-7-3-2-4-8-16/h2-10,12-13,15H,11,14H2,1H3/b9-5+. The third-order valence-corrected chi connectivity index (χ3v) is 4.63. The monoisotopic (exact) mass is 337 g/mol. The maximum atomic E-state index is 11.8. The van der Waals surface area contributed by atoms with Gasteiger partial charge in [-0.15, -0.1) is 11.3 Å². The predicted molar refractivity (Wildman–Crippen MR) is 98.4 cm³/mol. The number of ether oxygens (including phenoxy) is 1. The molecule has 0 aliphatic carbocycles. The Hall–Kier alpha value is -2.59. The van der Waals surface area contributed by atoms with Crippen LogP contribution in [-0.4, -0.2) is 17.6 Å². The zero-order valence-corrected chi connectivity index (χ0v) is 14.3. The molecule has 0 amide bonds. The second-order valence-electron chi connectivity index (χ2n) is 5.43. The van der Waals surface area contributed by atoms with Gasteiger partial charge in [-0.05, 0) is 23.1 Å². The molecule has 0 saturated carbocycles. The summed E-state index contributed by atoms with van der Waals surface area (Å²) in [7, 11) is 1.41. The molecule has 3 rings (SSSR count). The Bertz CT molecular complexity index is 817. The minimum Gasteiger partial charge on any atom is -0.465 e. The number of hydrogen-bond acceptors (Lipinski definition) is 3. The van der Waals surface area contributed by atoms with Crippen LogP contribution in [0.2, 0.25) is 0 Å². The number of rotatable bonds is 6. The molecule has 0 bridgehead atoms. The SMILES string of the molecule is COC(=O)c1cc(Cc2cccs2)n(C/C=C/c2ccccc2)c1. The molecule has 0 spiro atoms. The molecular weight excluding hydrogens is 318 g/mol. The van der Waals surface area contributed by atoms with Gasteiger partial charge in [0.05, 0.1) is 12.7 Å². The normalized spacial score (nSPS) is 11.0. The Balaban J connectivity index is 1.80. The van der Waals surface area contributed by atoms with Crippen molar-refractivity contribution < 1.29 is 9.53 Å². The summed E-state index contributed by atoms with van der Waals surface area (Å²) in [6.45, 7) is 0.715. The molecule has 0 atom stereocenters. The van der Waals surface area contributed by atoms with Crippen LogP contribution >= 0.6 is 11.3 Å². The fourth-order valence-electron chi connectivity index (χ4n) is 2.56. The van der Waals surface area contributed by atoms with Gasteiger partial charge in [-0.3, -0.25) is 0 Å². The molecule has 4 heteroatoms. The van der Waals surface area contributed by atoms with Crippen LogP contribution in [0.5, 0.6) is 0 Å². The lowest BCUT2D eigenvalue weighted by atomic mass is 10.2. The van der Waals surface area contributed by atoms with E-state index in [-0.39, 0.29) is 5.97 Å². The Labute approximate surface area is 145 Å². The van der Waals surface area contributed by atoms with Crippen LogP contribution in [0.15, 0.2) is 66.2 Å². The molecule has 0 saturated heterocycles. The Morgan fingerprint density at radius 1 is 1.21 bits per heavy atom. The second-order valence-corrected chi connectivity index (χ2v) is 6.47. The predicted octanol–water partition coefficient (Wildman–Crippen LogP) is 4.64. The lowest BCUT2D eigenvalue weighted by Gasteiger charge is -2.05. The van der Waals surface area contributed by atoms with Crippen LogP contribution in [0.3, 0.4) is 0 Å². The number of hydrogen-bond donors (Lipinski definition) is 0. The smallest absolute Gasteiger partial charge is 0.339 e. The highest BCUT2D eigenvalue weighted by atomic mass is 32.1. The minimum atomic E-state index is -0.298. The Kier molecular flexibility index (Phi) is 5.29. The number of carbonyl (C=O) groups excluding carboxylic acids is 1. The van der Waals surface area contributed by atoms with Gasteiger partial charge in [0.1, 0.15) is 0 Å². The number of carbonyl (C=O) groups is 1. The van der Waals surface area contributed by atoms with Gasteiger partial charge in [-0.25, -0.2) is 4.79 Å². The van der Waals surface area contributed by atoms with E-state index >= 15 is 0 Å². The van der Waals surface area contributed by atoms with Crippen LogP contribution in [-0.2, 0) is 17.7 Å². The van der Waals surface area contributed by atoms with Crippen LogP contribution in [0, 0.1) is 0 Å². The van der Waals surface area contributed by atoms with Crippen molar-refractivity contribution in [3.63, 3.8) is 0 Å². The van der Waals surface area contributed by atoms with E-state index in [1.807, 2.05) is 36.5 Å². The highest BCUT2D eigenvalue weighted by Crippen LogP contribution is 2.18. The molecule has 0 unspecified atom stereocenters. The summed E-state index contributed by atoms with van der Waals surface area (Å²) < 4.78 is 6.95. The largest absolute Gasteiger partial charge is 0.465 e. The van der Waals surface area contributed by atoms with Gasteiger partial charge in [-0.1, -0.05) is 48.6 Å². The van der Waals surface area contributed by atoms with Crippen LogP contribution in [0.1, 0.15) is 26.5 Å². The zero-order chi connectivity index (χ0) is 16.8. The van der Waals surface area contributed by atoms with Crippen molar-refractivity contribution in [1.82, 2.24) is 4.57 Å². The Morgan fingerprint density at radius 3 is 2.75 bits per heavy atom. The third kappa shape index (κ3) is 4.03. The number of allylic oxidation sites excluding steroid dienone is 1. The lowest BCUT2D eigenvalue weighted by Crippen LogP contribution is -2.00. The molecule has 0 aliphatic rings. The number of benzene rings is 1. The summed E-state index contributed by atoms with van der Waals surface area (Å²) >= 11 is 1.72. The van der Waals surface area contributed by atoms with Gasteiger partial charge in [0.2, 0.25) is 0 Å². The van der Waals surface area contributed by atoms with Gasteiger partial charge >= 0.3 is 5.97 Å². The summed E-state index contributed by atoms with van der Waals surface area (Å²) in [4.78, 5) is 13.1. The topological polar surface area (TPSA) is 31.2 Å². The number of esters is 1. The first kappa shape index (κ1) is 16.3. The molecule has 3 aromatic rings. The number of methoxy groups -OCH3 is 1. The summed E-state index contributed by atoms with van der Waals surface area (Å²) in [5.41, 5.74) is 2.87. The van der Waals surface area contributed by atoms with Crippen molar-refractivity contribution >= 4 is 23.4 Å². The van der Waals surface area contributed by atoms with Gasteiger partial charge in [0.25, 0.3) is 0 Å². The average molecular weight is 337 g/mol. The van der Waals surface area contributed by atoms with Crippen molar-refractivity contribution in [2.24, 2.45) is 0 Å². The molecule has 0 radical (unpaired) electrons. The highest BCUT2D eigenvalue weighted by Gasteiger charge is 2.12. The van der Waals surface area contributed by atoms with E-state index in [0.29, 0.717) is 12.1 Å². The fraction of sp³-hybridized carbons (Fsp3) is 0.150. The van der Waals surface area contributed by atoms with Gasteiger partial charge in [-0.2, -0.15) is 0 Å². The summed E-state index contributed by atoms with van der Waals surface area (Å²) in [6.07, 6.45) is 6.87. The van der Waals surface area contributed by atoms with E-state index in [0.717, 1.165) is 17.7 Å². The van der Waals surface area contributed by atoms with Crippen molar-refractivity contribution in [2.45, 2.75) is 13.0 Å². The van der Waals surface area contributed by atoms with Crippen molar-refractivity contribution in [2.75, 3.05) is 7.11 Å². The summed E-state index contributed by atoms with van der Waals surface area (Å²) in [5.74, 6) is -0.298. The van der Waals surface area contributed by atoms with E-state index in [4.69, 9.17) is 4.74 Å². The molecule has 3 nitrogen and oxygen atoms in total. The summed E-state index contributed by atoms with van der Waals surface area (Å²) in [6, 6.07) is 16.3. The summed E-state index contributed by atoms with van der Waals surface area (Å²) in [5, 5.41) is 2.07. The first-order chi connectivity index (χ1) is 11.8. The van der Waals surface area contributed by atoms with Crippen LogP contribution < -0.4 is 0 Å². The van der Waals surface area contributed by atoms with E-state index in [1.165, 1.54) is 12.0 Å². The van der Waals surface area contributed by atoms with Crippen LogP contribution in [0.4, 0.5) is 0 Å². The second kappa shape index (κ2) is 7.79. The van der Waals surface area contributed by atoms with E-state index in [2.05, 4.69) is 40.3 Å². The fourth-order valence-corrected chi connectivity index (χ4v) is 3.28. The number of nitrogens with zero attached hydrogens (tertiary/aromatic N) is 1. The minimum absolute atomic E-state index is 0.298.